The van der Waals surface area contributed by atoms with Crippen LogP contribution in [0.5, 0.6) is 0 Å². The number of nitrogens with zero attached hydrogens (tertiary/aromatic N) is 2. The maximum Gasteiger partial charge on any atom is 0.261 e. The molecule has 0 aromatic rings. The minimum atomic E-state index is -1.38. The first-order valence-electron chi connectivity index (χ1n) is 4.59. The second-order valence-corrected chi connectivity index (χ2v) is 3.59. The molecule has 4 nitrogen and oxygen atoms in total. The Morgan fingerprint density at radius 2 is 1.77 bits per heavy atom. The molecular weight excluding hydrogens is 168 g/mol. The monoisotopic (exact) mass is 189 g/mol. The molecular formula is C9H21N2O2. The van der Waals surface area contributed by atoms with Gasteiger partial charge < -0.3 is 9.64 Å². The molecule has 0 aliphatic carbocycles. The van der Waals surface area contributed by atoms with Crippen molar-refractivity contribution in [3.05, 3.63) is 0 Å². The third-order valence-corrected chi connectivity index (χ3v) is 1.93. The van der Waals surface area contributed by atoms with Crippen LogP contribution in [0.2, 0.25) is 0 Å². The van der Waals surface area contributed by atoms with E-state index in [1.165, 1.54) is 0 Å². The third-order valence-electron chi connectivity index (χ3n) is 1.93. The van der Waals surface area contributed by atoms with Gasteiger partial charge in [0.1, 0.15) is 0 Å². The van der Waals surface area contributed by atoms with Gasteiger partial charge in [0.15, 0.2) is 0 Å². The van der Waals surface area contributed by atoms with Gasteiger partial charge in [-0.25, -0.2) is 0 Å². The Bertz CT molecular complexity index is 140. The fourth-order valence-corrected chi connectivity index (χ4v) is 1.02. The second-order valence-electron chi connectivity index (χ2n) is 3.59. The Balaban J connectivity index is 4.07. The first-order chi connectivity index (χ1) is 5.92. The maximum absolute atomic E-state index is 12.0. The molecule has 0 aliphatic rings. The first kappa shape index (κ1) is 12.8. The summed E-state index contributed by atoms with van der Waals surface area (Å²) in [7, 11) is 7.39. The SMILES string of the molecule is CCOC([O])(CCN(C)C)N(C)C. The van der Waals surface area contributed by atoms with Gasteiger partial charge in [-0.1, -0.05) is 0 Å². The van der Waals surface area contributed by atoms with Crippen molar-refractivity contribution in [3.8, 4) is 0 Å². The number of ether oxygens (including phenoxy) is 1. The van der Waals surface area contributed by atoms with Crippen molar-refractivity contribution < 1.29 is 9.84 Å². The molecule has 0 fully saturated rings. The summed E-state index contributed by atoms with van der Waals surface area (Å²) < 4.78 is 5.18. The predicted molar refractivity (Wildman–Crippen MR) is 51.9 cm³/mol. The average molecular weight is 189 g/mol. The molecule has 79 valence electrons. The minimum Gasteiger partial charge on any atom is -0.336 e. The molecule has 4 heteroatoms. The van der Waals surface area contributed by atoms with Crippen LogP contribution in [0.25, 0.3) is 0 Å². The molecule has 0 aromatic heterocycles. The predicted octanol–water partition coefficient (Wildman–Crippen LogP) is 0.621. The zero-order valence-corrected chi connectivity index (χ0v) is 9.33. The fraction of sp³-hybridized carbons (Fsp3) is 1.00. The quantitative estimate of drug-likeness (QED) is 0.575. The van der Waals surface area contributed by atoms with Crippen LogP contribution in [0.3, 0.4) is 0 Å². The molecule has 13 heavy (non-hydrogen) atoms. The van der Waals surface area contributed by atoms with Crippen LogP contribution in [0, 0.1) is 0 Å². The first-order valence-corrected chi connectivity index (χ1v) is 4.59. The van der Waals surface area contributed by atoms with E-state index in [1.807, 2.05) is 25.9 Å². The Kier molecular flexibility index (Phi) is 5.48. The highest BCUT2D eigenvalue weighted by atomic mass is 16.6. The van der Waals surface area contributed by atoms with E-state index >= 15 is 0 Å². The van der Waals surface area contributed by atoms with Crippen LogP contribution >= 0.6 is 0 Å². The Morgan fingerprint density at radius 3 is 2.08 bits per heavy atom. The zero-order chi connectivity index (χ0) is 10.5. The normalized spacial score (nSPS) is 16.6. The lowest BCUT2D eigenvalue weighted by molar-refractivity contribution is -0.315. The molecule has 0 aliphatic heterocycles. The lowest BCUT2D eigenvalue weighted by Gasteiger charge is -2.32. The van der Waals surface area contributed by atoms with E-state index in [1.54, 1.807) is 19.0 Å². The molecule has 0 amide bonds. The van der Waals surface area contributed by atoms with Crippen molar-refractivity contribution in [2.75, 3.05) is 41.3 Å². The lowest BCUT2D eigenvalue weighted by Crippen LogP contribution is -2.47. The smallest absolute Gasteiger partial charge is 0.261 e. The van der Waals surface area contributed by atoms with Gasteiger partial charge in [0.25, 0.3) is 5.91 Å². The molecule has 0 saturated heterocycles. The highest BCUT2D eigenvalue weighted by Gasteiger charge is 2.32. The van der Waals surface area contributed by atoms with E-state index in [2.05, 4.69) is 0 Å². The van der Waals surface area contributed by atoms with E-state index < -0.39 is 5.91 Å². The summed E-state index contributed by atoms with van der Waals surface area (Å²) in [5, 5.41) is 12.0. The summed E-state index contributed by atoms with van der Waals surface area (Å²) in [4.78, 5) is 3.56. The van der Waals surface area contributed by atoms with Crippen LogP contribution in [0.4, 0.5) is 0 Å². The van der Waals surface area contributed by atoms with Crippen LogP contribution < -0.4 is 0 Å². The summed E-state index contributed by atoms with van der Waals surface area (Å²) in [5.74, 6) is -1.38. The standard InChI is InChI=1S/C9H21N2O2/c1-6-13-9(12,11(4)5)7-8-10(2)3/h6-8H2,1-5H3. The topological polar surface area (TPSA) is 35.6 Å². The zero-order valence-electron chi connectivity index (χ0n) is 9.33. The molecule has 0 rings (SSSR count). The number of hydrogen-bond donors (Lipinski definition) is 0. The van der Waals surface area contributed by atoms with Crippen molar-refractivity contribution in [1.82, 2.24) is 9.80 Å². The second kappa shape index (κ2) is 5.54. The molecule has 1 unspecified atom stereocenters. The molecule has 0 N–H and O–H groups in total. The Hall–Kier alpha value is -0.160. The summed E-state index contributed by atoms with van der Waals surface area (Å²) >= 11 is 0. The van der Waals surface area contributed by atoms with E-state index in [0.717, 1.165) is 6.54 Å². The molecule has 0 saturated carbocycles. The van der Waals surface area contributed by atoms with Gasteiger partial charge in [-0.3, -0.25) is 4.90 Å². The van der Waals surface area contributed by atoms with Gasteiger partial charge >= 0.3 is 0 Å². The van der Waals surface area contributed by atoms with Crippen molar-refractivity contribution in [2.24, 2.45) is 0 Å². The van der Waals surface area contributed by atoms with Gasteiger partial charge in [0.05, 0.1) is 0 Å². The largest absolute Gasteiger partial charge is 0.336 e. The minimum absolute atomic E-state index is 0.453. The number of rotatable bonds is 6. The molecule has 0 spiro atoms. The molecule has 1 atom stereocenters. The van der Waals surface area contributed by atoms with E-state index in [4.69, 9.17) is 4.74 Å². The van der Waals surface area contributed by atoms with Crippen LogP contribution in [0.1, 0.15) is 13.3 Å². The third kappa shape index (κ3) is 4.57. The highest BCUT2D eigenvalue weighted by molar-refractivity contribution is 4.64. The maximum atomic E-state index is 12.0. The van der Waals surface area contributed by atoms with Crippen molar-refractivity contribution in [2.45, 2.75) is 19.3 Å². The van der Waals surface area contributed by atoms with E-state index in [9.17, 15) is 5.11 Å². The van der Waals surface area contributed by atoms with Crippen LogP contribution in [-0.4, -0.2) is 57.1 Å². The molecule has 0 aromatic carbocycles. The van der Waals surface area contributed by atoms with Gasteiger partial charge in [-0.2, -0.15) is 5.11 Å². The van der Waals surface area contributed by atoms with Gasteiger partial charge in [-0.05, 0) is 35.1 Å². The summed E-state index contributed by atoms with van der Waals surface area (Å²) in [5.41, 5.74) is 0. The van der Waals surface area contributed by atoms with E-state index in [0.29, 0.717) is 13.0 Å². The molecule has 0 heterocycles. The summed E-state index contributed by atoms with van der Waals surface area (Å²) in [6.07, 6.45) is 0.473. The summed E-state index contributed by atoms with van der Waals surface area (Å²) in [6.45, 7) is 3.03. The lowest BCUT2D eigenvalue weighted by atomic mass is 10.3. The van der Waals surface area contributed by atoms with Crippen LogP contribution in [0.15, 0.2) is 0 Å². The average Bonchev–Trinajstić information content (AvgIpc) is 2.01. The van der Waals surface area contributed by atoms with Crippen LogP contribution in [-0.2, 0) is 9.84 Å². The Morgan fingerprint density at radius 1 is 1.23 bits per heavy atom. The van der Waals surface area contributed by atoms with Gasteiger partial charge in [0.2, 0.25) is 0 Å². The van der Waals surface area contributed by atoms with Crippen molar-refractivity contribution in [3.63, 3.8) is 0 Å². The van der Waals surface area contributed by atoms with Crippen molar-refractivity contribution >= 4 is 0 Å². The van der Waals surface area contributed by atoms with Crippen molar-refractivity contribution in [1.29, 1.82) is 0 Å². The Labute approximate surface area is 81.1 Å². The van der Waals surface area contributed by atoms with Gasteiger partial charge in [0, 0.05) is 19.6 Å². The number of hydrogen-bond acceptors (Lipinski definition) is 3. The molecule has 1 radical (unpaired) electrons. The van der Waals surface area contributed by atoms with E-state index in [-0.39, 0.29) is 0 Å². The highest BCUT2D eigenvalue weighted by Crippen LogP contribution is 2.16. The summed E-state index contributed by atoms with van der Waals surface area (Å²) in [6, 6.07) is 0. The van der Waals surface area contributed by atoms with Gasteiger partial charge in [-0.15, -0.1) is 0 Å². The fourth-order valence-electron chi connectivity index (χ4n) is 1.02. The molecule has 0 bridgehead atoms.